The molecule has 1 aromatic heterocycles. The monoisotopic (exact) mass is 397 g/mol. The average Bonchev–Trinajstić information content (AvgIpc) is 3.07. The number of aromatic nitrogens is 3. The number of nitrogens with zero attached hydrogens (tertiary/aromatic N) is 4. The minimum Gasteiger partial charge on any atom is -0.378 e. The molecule has 0 fully saturated rings. The third kappa shape index (κ3) is 3.55. The Kier molecular flexibility index (Phi) is 5.19. The normalized spacial score (nSPS) is 18.8. The van der Waals surface area contributed by atoms with E-state index in [1.165, 1.54) is 0 Å². The molecule has 0 saturated carbocycles. The Bertz CT molecular complexity index is 913. The first-order chi connectivity index (χ1) is 13.4. The van der Waals surface area contributed by atoms with E-state index in [0.717, 1.165) is 52.2 Å². The smallest absolute Gasteiger partial charge is 0.227 e. The highest BCUT2D eigenvalue weighted by atomic mass is 32.2. The first kappa shape index (κ1) is 19.1. The number of anilines is 2. The van der Waals surface area contributed by atoms with Crippen LogP contribution >= 0.6 is 11.8 Å². The predicted octanol–water partition coefficient (Wildman–Crippen LogP) is 4.11. The summed E-state index contributed by atoms with van der Waals surface area (Å²) in [5.74, 6) is 2.49. The number of rotatable bonds is 5. The van der Waals surface area contributed by atoms with Gasteiger partial charge in [-0.15, -0.1) is 5.10 Å². The maximum atomic E-state index is 12.8. The quantitative estimate of drug-likeness (QED) is 0.766. The van der Waals surface area contributed by atoms with Gasteiger partial charge in [0.25, 0.3) is 0 Å². The van der Waals surface area contributed by atoms with Crippen LogP contribution in [-0.4, -0.2) is 40.4 Å². The Balaban J connectivity index is 1.76. The van der Waals surface area contributed by atoms with Crippen molar-refractivity contribution in [3.8, 4) is 0 Å². The van der Waals surface area contributed by atoms with Crippen molar-refractivity contribution >= 4 is 29.2 Å². The Morgan fingerprint density at radius 1 is 1.25 bits per heavy atom. The van der Waals surface area contributed by atoms with Gasteiger partial charge in [-0.05, 0) is 36.5 Å². The van der Waals surface area contributed by atoms with Crippen molar-refractivity contribution in [1.29, 1.82) is 0 Å². The summed E-state index contributed by atoms with van der Waals surface area (Å²) in [4.78, 5) is 19.6. The molecule has 28 heavy (non-hydrogen) atoms. The summed E-state index contributed by atoms with van der Waals surface area (Å²) in [7, 11) is 4.05. The molecule has 1 N–H and O–H groups in total. The van der Waals surface area contributed by atoms with E-state index < -0.39 is 0 Å². The number of benzene rings is 1. The van der Waals surface area contributed by atoms with Crippen molar-refractivity contribution in [1.82, 2.24) is 14.8 Å². The molecule has 2 aromatic rings. The van der Waals surface area contributed by atoms with Crippen molar-refractivity contribution in [2.75, 3.05) is 30.1 Å². The third-order valence-corrected chi connectivity index (χ3v) is 6.38. The van der Waals surface area contributed by atoms with Gasteiger partial charge in [0.1, 0.15) is 6.04 Å². The highest BCUT2D eigenvalue weighted by Crippen LogP contribution is 2.40. The molecule has 7 heteroatoms. The fraction of sp³-hybridized carbons (Fsp3) is 0.476. The zero-order valence-corrected chi connectivity index (χ0v) is 17.7. The van der Waals surface area contributed by atoms with Crippen LogP contribution in [0.5, 0.6) is 0 Å². The average molecular weight is 398 g/mol. The van der Waals surface area contributed by atoms with Crippen LogP contribution in [0.1, 0.15) is 44.7 Å². The zero-order valence-electron chi connectivity index (χ0n) is 16.9. The summed E-state index contributed by atoms with van der Waals surface area (Å²) in [6.45, 7) is 4.38. The molecule has 1 aliphatic heterocycles. The number of carbonyl (C=O) groups excluding carboxylic acids is 1. The highest BCUT2D eigenvalue weighted by Gasteiger charge is 2.36. The predicted molar refractivity (Wildman–Crippen MR) is 114 cm³/mol. The van der Waals surface area contributed by atoms with Gasteiger partial charge in [-0.1, -0.05) is 37.7 Å². The van der Waals surface area contributed by atoms with E-state index in [-0.39, 0.29) is 11.8 Å². The number of nitrogens with one attached hydrogen (secondary N) is 1. The maximum Gasteiger partial charge on any atom is 0.227 e. The van der Waals surface area contributed by atoms with Crippen molar-refractivity contribution in [2.45, 2.75) is 44.3 Å². The van der Waals surface area contributed by atoms with Crippen LogP contribution in [0.15, 0.2) is 40.7 Å². The van der Waals surface area contributed by atoms with Crippen LogP contribution in [0.3, 0.4) is 0 Å². The molecular weight excluding hydrogens is 370 g/mol. The Morgan fingerprint density at radius 3 is 2.68 bits per heavy atom. The van der Waals surface area contributed by atoms with Crippen molar-refractivity contribution in [3.05, 3.63) is 41.1 Å². The molecule has 148 valence electrons. The second-order valence-corrected chi connectivity index (χ2v) is 9.04. The Hall–Kier alpha value is -2.28. The van der Waals surface area contributed by atoms with Gasteiger partial charge in [-0.25, -0.2) is 4.68 Å². The van der Waals surface area contributed by atoms with Gasteiger partial charge in [-0.2, -0.15) is 4.98 Å². The lowest BCUT2D eigenvalue weighted by molar-refractivity contribution is -0.116. The first-order valence-electron chi connectivity index (χ1n) is 9.84. The standard InChI is InChI=1S/C21H27N5OS/c1-13(2)12-28-21-23-20-22-16-6-5-7-17(27)18(16)19(26(20)24-21)14-8-10-15(11-9-14)25(3)4/h8-11,13,19H,5-7,12H2,1-4H3,(H,22,23,24)/t19-/m0/s1. The Morgan fingerprint density at radius 2 is 2.00 bits per heavy atom. The summed E-state index contributed by atoms with van der Waals surface area (Å²) in [5, 5.41) is 8.93. The van der Waals surface area contributed by atoms with E-state index in [1.807, 2.05) is 18.8 Å². The fourth-order valence-electron chi connectivity index (χ4n) is 3.70. The summed E-state index contributed by atoms with van der Waals surface area (Å²) >= 11 is 1.67. The number of allylic oxidation sites excluding steroid dienone is 2. The lowest BCUT2D eigenvalue weighted by atomic mass is 9.85. The van der Waals surface area contributed by atoms with Gasteiger partial charge in [-0.3, -0.25) is 4.79 Å². The second-order valence-electron chi connectivity index (χ2n) is 8.05. The van der Waals surface area contributed by atoms with Gasteiger partial charge >= 0.3 is 0 Å². The van der Waals surface area contributed by atoms with Gasteiger partial charge in [0.05, 0.1) is 0 Å². The molecule has 2 aliphatic rings. The minimum absolute atomic E-state index is 0.212. The van der Waals surface area contributed by atoms with Crippen LogP contribution in [0.4, 0.5) is 11.6 Å². The molecule has 1 aromatic carbocycles. The van der Waals surface area contributed by atoms with E-state index >= 15 is 0 Å². The van der Waals surface area contributed by atoms with Gasteiger partial charge in [0, 0.05) is 43.2 Å². The third-order valence-electron chi connectivity index (χ3n) is 5.12. The summed E-state index contributed by atoms with van der Waals surface area (Å²) in [5.41, 5.74) is 4.06. The number of thioether (sulfide) groups is 1. The molecule has 1 aliphatic carbocycles. The van der Waals surface area contributed by atoms with Crippen molar-refractivity contribution in [3.63, 3.8) is 0 Å². The summed E-state index contributed by atoms with van der Waals surface area (Å²) in [6, 6.07) is 8.18. The van der Waals surface area contributed by atoms with E-state index in [2.05, 4.69) is 48.3 Å². The molecule has 1 atom stereocenters. The molecular formula is C21H27N5OS. The van der Waals surface area contributed by atoms with Crippen molar-refractivity contribution in [2.24, 2.45) is 5.92 Å². The Labute approximate surface area is 170 Å². The van der Waals surface area contributed by atoms with E-state index in [9.17, 15) is 4.79 Å². The van der Waals surface area contributed by atoms with Crippen LogP contribution in [0, 0.1) is 5.92 Å². The molecule has 0 radical (unpaired) electrons. The summed E-state index contributed by atoms with van der Waals surface area (Å²) in [6.07, 6.45) is 2.38. The number of carbonyl (C=O) groups is 1. The lowest BCUT2D eigenvalue weighted by Crippen LogP contribution is -2.31. The van der Waals surface area contributed by atoms with Crippen LogP contribution in [0.2, 0.25) is 0 Å². The molecule has 0 bridgehead atoms. The van der Waals surface area contributed by atoms with Gasteiger partial charge < -0.3 is 10.2 Å². The van der Waals surface area contributed by atoms with Crippen LogP contribution < -0.4 is 10.2 Å². The SMILES string of the molecule is CC(C)CSc1nc2n(n1)[C@@H](c1ccc(N(C)C)cc1)C1=C(CCCC1=O)N2. The maximum absolute atomic E-state index is 12.8. The van der Waals surface area contributed by atoms with E-state index in [0.29, 0.717) is 12.3 Å². The van der Waals surface area contributed by atoms with Crippen LogP contribution in [0.25, 0.3) is 0 Å². The second kappa shape index (κ2) is 7.62. The van der Waals surface area contributed by atoms with E-state index in [4.69, 9.17) is 10.1 Å². The topological polar surface area (TPSA) is 63.1 Å². The van der Waals surface area contributed by atoms with Gasteiger partial charge in [0.2, 0.25) is 11.1 Å². The number of ketones is 1. The van der Waals surface area contributed by atoms with Gasteiger partial charge in [0.15, 0.2) is 5.78 Å². The lowest BCUT2D eigenvalue weighted by Gasteiger charge is -2.32. The number of hydrogen-bond acceptors (Lipinski definition) is 6. The molecule has 0 amide bonds. The molecule has 0 unspecified atom stereocenters. The molecule has 0 spiro atoms. The summed E-state index contributed by atoms with van der Waals surface area (Å²) < 4.78 is 1.90. The van der Waals surface area contributed by atoms with Crippen LogP contribution in [-0.2, 0) is 4.79 Å². The zero-order chi connectivity index (χ0) is 19.8. The molecule has 0 saturated heterocycles. The first-order valence-corrected chi connectivity index (χ1v) is 10.8. The molecule has 2 heterocycles. The van der Waals surface area contributed by atoms with Crippen molar-refractivity contribution < 1.29 is 4.79 Å². The fourth-order valence-corrected chi connectivity index (χ4v) is 4.48. The molecule has 6 nitrogen and oxygen atoms in total. The largest absolute Gasteiger partial charge is 0.378 e. The number of fused-ring (bicyclic) bond motifs is 1. The highest BCUT2D eigenvalue weighted by molar-refractivity contribution is 7.99. The van der Waals surface area contributed by atoms with E-state index in [1.54, 1.807) is 11.8 Å². The molecule has 4 rings (SSSR count). The number of hydrogen-bond donors (Lipinski definition) is 1. The number of Topliss-reactive ketones (excluding diaryl/α,β-unsaturated/α-hetero) is 1. The minimum atomic E-state index is -0.212.